The number of carbonyl (C=O) groups excluding carboxylic acids is 1. The Morgan fingerprint density at radius 2 is 1.42 bits per heavy atom. The normalized spacial score (nSPS) is 11.5. The van der Waals surface area contributed by atoms with E-state index < -0.39 is 0 Å². The van der Waals surface area contributed by atoms with Gasteiger partial charge in [-0.15, -0.1) is 0 Å². The van der Waals surface area contributed by atoms with E-state index in [0.29, 0.717) is 5.56 Å². The predicted molar refractivity (Wildman–Crippen MR) is 105 cm³/mol. The molecule has 4 nitrogen and oxygen atoms in total. The van der Waals surface area contributed by atoms with Crippen LogP contribution in [0, 0.1) is 0 Å². The van der Waals surface area contributed by atoms with Crippen LogP contribution < -0.4 is 14.2 Å². The number of ketones is 1. The second-order valence-corrected chi connectivity index (χ2v) is 6.98. The minimum atomic E-state index is -0.127. The Bertz CT molecular complexity index is 771. The average Bonchev–Trinajstić information content (AvgIpc) is 2.64. The summed E-state index contributed by atoms with van der Waals surface area (Å²) in [5, 5.41) is 0. The van der Waals surface area contributed by atoms with Crippen molar-refractivity contribution in [1.29, 1.82) is 0 Å². The highest BCUT2D eigenvalue weighted by atomic mass is 16.5. The molecule has 2 aromatic carbocycles. The first kappa shape index (κ1) is 19.6. The second kappa shape index (κ2) is 8.09. The molecule has 0 aromatic heterocycles. The smallest absolute Gasteiger partial charge is 0.185 e. The van der Waals surface area contributed by atoms with Crippen LogP contribution in [-0.2, 0) is 5.41 Å². The van der Waals surface area contributed by atoms with Crippen molar-refractivity contribution < 1.29 is 19.0 Å². The number of ether oxygens (including phenoxy) is 3. The largest absolute Gasteiger partial charge is 0.497 e. The molecule has 26 heavy (non-hydrogen) atoms. The van der Waals surface area contributed by atoms with Crippen molar-refractivity contribution in [3.05, 3.63) is 59.2 Å². The van der Waals surface area contributed by atoms with Crippen molar-refractivity contribution in [2.24, 2.45) is 0 Å². The lowest BCUT2D eigenvalue weighted by atomic mass is 9.84. The maximum atomic E-state index is 12.4. The Morgan fingerprint density at radius 1 is 0.885 bits per heavy atom. The van der Waals surface area contributed by atoms with E-state index in [0.717, 1.165) is 28.4 Å². The summed E-state index contributed by atoms with van der Waals surface area (Å²) in [7, 11) is 4.87. The molecule has 0 spiro atoms. The van der Waals surface area contributed by atoms with E-state index in [-0.39, 0.29) is 11.2 Å². The van der Waals surface area contributed by atoms with Gasteiger partial charge in [-0.25, -0.2) is 0 Å². The van der Waals surface area contributed by atoms with Gasteiger partial charge in [-0.2, -0.15) is 0 Å². The van der Waals surface area contributed by atoms with Crippen LogP contribution in [0.4, 0.5) is 0 Å². The Labute approximate surface area is 155 Å². The highest BCUT2D eigenvalue weighted by Crippen LogP contribution is 2.40. The van der Waals surface area contributed by atoms with Gasteiger partial charge in [0, 0.05) is 11.1 Å². The number of rotatable bonds is 6. The highest BCUT2D eigenvalue weighted by Gasteiger charge is 2.24. The maximum Gasteiger partial charge on any atom is 0.185 e. The van der Waals surface area contributed by atoms with E-state index >= 15 is 0 Å². The van der Waals surface area contributed by atoms with E-state index in [1.54, 1.807) is 57.7 Å². The molecule has 0 fully saturated rings. The number of carbonyl (C=O) groups is 1. The molecule has 0 aliphatic heterocycles. The van der Waals surface area contributed by atoms with Crippen molar-refractivity contribution in [3.63, 3.8) is 0 Å². The van der Waals surface area contributed by atoms with Crippen LogP contribution in [0.1, 0.15) is 42.3 Å². The molecule has 0 aliphatic rings. The number of allylic oxidation sites excluding steroid dienone is 1. The molecule has 138 valence electrons. The van der Waals surface area contributed by atoms with Gasteiger partial charge in [0.15, 0.2) is 5.78 Å². The topological polar surface area (TPSA) is 44.8 Å². The van der Waals surface area contributed by atoms with Gasteiger partial charge in [-0.3, -0.25) is 4.79 Å². The van der Waals surface area contributed by atoms with Crippen LogP contribution >= 0.6 is 0 Å². The Kier molecular flexibility index (Phi) is 6.09. The predicted octanol–water partition coefficient (Wildman–Crippen LogP) is 4.91. The van der Waals surface area contributed by atoms with Gasteiger partial charge in [-0.1, -0.05) is 26.8 Å². The van der Waals surface area contributed by atoms with Crippen LogP contribution in [0.5, 0.6) is 17.2 Å². The molecule has 0 bridgehead atoms. The Hall–Kier alpha value is -2.75. The number of hydrogen-bond donors (Lipinski definition) is 0. The summed E-state index contributed by atoms with van der Waals surface area (Å²) >= 11 is 0. The molecule has 0 amide bonds. The second-order valence-electron chi connectivity index (χ2n) is 6.98. The lowest BCUT2D eigenvalue weighted by molar-refractivity contribution is 0.104. The van der Waals surface area contributed by atoms with Crippen molar-refractivity contribution in [1.82, 2.24) is 0 Å². The van der Waals surface area contributed by atoms with Crippen LogP contribution in [0.2, 0.25) is 0 Å². The van der Waals surface area contributed by atoms with E-state index in [1.807, 2.05) is 12.1 Å². The van der Waals surface area contributed by atoms with Gasteiger partial charge in [0.1, 0.15) is 17.2 Å². The highest BCUT2D eigenvalue weighted by molar-refractivity contribution is 6.06. The van der Waals surface area contributed by atoms with E-state index in [9.17, 15) is 4.79 Å². The summed E-state index contributed by atoms with van der Waals surface area (Å²) in [5.74, 6) is 2.13. The molecule has 0 saturated carbocycles. The third-order valence-corrected chi connectivity index (χ3v) is 4.08. The van der Waals surface area contributed by atoms with Crippen LogP contribution in [0.25, 0.3) is 6.08 Å². The van der Waals surface area contributed by atoms with Crippen molar-refractivity contribution in [2.45, 2.75) is 26.2 Å². The minimum absolute atomic E-state index is 0.0783. The molecule has 0 N–H and O–H groups in total. The molecule has 0 unspecified atom stereocenters. The minimum Gasteiger partial charge on any atom is -0.497 e. The van der Waals surface area contributed by atoms with Gasteiger partial charge in [0.2, 0.25) is 0 Å². The first-order chi connectivity index (χ1) is 12.3. The molecular weight excluding hydrogens is 328 g/mol. The molecule has 2 aromatic rings. The maximum absolute atomic E-state index is 12.4. The summed E-state index contributed by atoms with van der Waals surface area (Å²) in [6, 6.07) is 10.9. The van der Waals surface area contributed by atoms with Gasteiger partial charge >= 0.3 is 0 Å². The molecular formula is C22H26O4. The average molecular weight is 354 g/mol. The third kappa shape index (κ3) is 4.45. The SMILES string of the molecule is COc1ccc(C(=O)C=Cc2cc(OC)c(C(C)(C)C)c(OC)c2)cc1. The molecule has 0 heterocycles. The molecule has 0 radical (unpaired) electrons. The van der Waals surface area contributed by atoms with Crippen LogP contribution in [0.3, 0.4) is 0 Å². The summed E-state index contributed by atoms with van der Waals surface area (Å²) in [4.78, 5) is 12.4. The van der Waals surface area contributed by atoms with Crippen molar-refractivity contribution in [2.75, 3.05) is 21.3 Å². The molecule has 2 rings (SSSR count). The standard InChI is InChI=1S/C22H26O4/c1-22(2,3)21-19(25-5)13-15(14-20(21)26-6)7-12-18(23)16-8-10-17(24-4)11-9-16/h7-14H,1-6H3. The summed E-state index contributed by atoms with van der Waals surface area (Å²) < 4.78 is 16.2. The van der Waals surface area contributed by atoms with Gasteiger partial charge in [0.25, 0.3) is 0 Å². The Morgan fingerprint density at radius 3 is 1.85 bits per heavy atom. The molecule has 0 atom stereocenters. The zero-order valence-corrected chi connectivity index (χ0v) is 16.3. The molecule has 0 aliphatic carbocycles. The quantitative estimate of drug-likeness (QED) is 0.546. The monoisotopic (exact) mass is 354 g/mol. The molecule has 0 saturated heterocycles. The first-order valence-electron chi connectivity index (χ1n) is 8.43. The van der Waals surface area contributed by atoms with Crippen molar-refractivity contribution in [3.8, 4) is 17.2 Å². The third-order valence-electron chi connectivity index (χ3n) is 4.08. The van der Waals surface area contributed by atoms with E-state index in [4.69, 9.17) is 14.2 Å². The van der Waals surface area contributed by atoms with Crippen molar-refractivity contribution >= 4 is 11.9 Å². The van der Waals surface area contributed by atoms with Gasteiger partial charge in [0.05, 0.1) is 21.3 Å². The van der Waals surface area contributed by atoms with Crippen LogP contribution in [0.15, 0.2) is 42.5 Å². The number of hydrogen-bond acceptors (Lipinski definition) is 4. The van der Waals surface area contributed by atoms with Crippen LogP contribution in [-0.4, -0.2) is 27.1 Å². The fourth-order valence-corrected chi connectivity index (χ4v) is 2.79. The lowest BCUT2D eigenvalue weighted by Gasteiger charge is -2.25. The first-order valence-corrected chi connectivity index (χ1v) is 8.43. The Balaban J connectivity index is 2.33. The number of benzene rings is 2. The lowest BCUT2D eigenvalue weighted by Crippen LogP contribution is -2.14. The van der Waals surface area contributed by atoms with Gasteiger partial charge in [-0.05, 0) is 53.5 Å². The zero-order chi connectivity index (χ0) is 19.3. The number of methoxy groups -OCH3 is 3. The zero-order valence-electron chi connectivity index (χ0n) is 16.3. The fraction of sp³-hybridized carbons (Fsp3) is 0.318. The van der Waals surface area contributed by atoms with E-state index in [2.05, 4.69) is 20.8 Å². The van der Waals surface area contributed by atoms with E-state index in [1.165, 1.54) is 0 Å². The summed E-state index contributed by atoms with van der Waals surface area (Å²) in [6.07, 6.45) is 3.32. The van der Waals surface area contributed by atoms with Gasteiger partial charge < -0.3 is 14.2 Å². The summed E-state index contributed by atoms with van der Waals surface area (Å²) in [5.41, 5.74) is 2.32. The fourth-order valence-electron chi connectivity index (χ4n) is 2.79. The summed E-state index contributed by atoms with van der Waals surface area (Å²) in [6.45, 7) is 6.32. The molecule has 4 heteroatoms.